The van der Waals surface area contributed by atoms with Crippen LogP contribution >= 0.6 is 0 Å². The number of aryl methyl sites for hydroxylation is 1. The molecule has 1 amide bonds. The van der Waals surface area contributed by atoms with Crippen LogP contribution in [0.25, 0.3) is 11.3 Å². The average Bonchev–Trinajstić information content (AvgIpc) is 3.07. The highest BCUT2D eigenvalue weighted by Crippen LogP contribution is 2.18. The fourth-order valence-corrected chi connectivity index (χ4v) is 2.47. The molecule has 0 aliphatic rings. The molecule has 25 heavy (non-hydrogen) atoms. The Morgan fingerprint density at radius 2 is 2.04 bits per heavy atom. The zero-order valence-electron chi connectivity index (χ0n) is 14.2. The van der Waals surface area contributed by atoms with Gasteiger partial charge < -0.3 is 10.1 Å². The molecular weight excluding hydrogens is 316 g/mol. The first kappa shape index (κ1) is 16.7. The van der Waals surface area contributed by atoms with E-state index < -0.39 is 6.10 Å². The van der Waals surface area contributed by atoms with E-state index in [0.29, 0.717) is 12.3 Å². The molecule has 6 nitrogen and oxygen atoms in total. The maximum Gasteiger partial charge on any atom is 0.261 e. The van der Waals surface area contributed by atoms with Crippen molar-refractivity contribution in [2.75, 3.05) is 0 Å². The van der Waals surface area contributed by atoms with Crippen molar-refractivity contribution in [3.8, 4) is 17.0 Å². The number of carbonyl (C=O) groups is 1. The Kier molecular flexibility index (Phi) is 5.09. The molecule has 0 bridgehead atoms. The van der Waals surface area contributed by atoms with Gasteiger partial charge in [-0.05, 0) is 36.8 Å². The lowest BCUT2D eigenvalue weighted by Gasteiger charge is -2.14. The van der Waals surface area contributed by atoms with Crippen molar-refractivity contribution in [2.24, 2.45) is 7.05 Å². The molecule has 1 aromatic carbocycles. The number of carbonyl (C=O) groups excluding carboxylic acids is 1. The van der Waals surface area contributed by atoms with E-state index in [2.05, 4.69) is 15.4 Å². The Bertz CT molecular complexity index is 845. The third-order valence-corrected chi connectivity index (χ3v) is 3.80. The number of para-hydroxylation sites is 1. The molecule has 6 heteroatoms. The molecule has 0 aliphatic heterocycles. The van der Waals surface area contributed by atoms with Gasteiger partial charge in [0.2, 0.25) is 0 Å². The van der Waals surface area contributed by atoms with E-state index in [1.165, 1.54) is 0 Å². The zero-order valence-corrected chi connectivity index (χ0v) is 14.2. The van der Waals surface area contributed by atoms with Crippen LogP contribution in [-0.4, -0.2) is 26.8 Å². The number of rotatable bonds is 6. The van der Waals surface area contributed by atoms with Gasteiger partial charge in [-0.15, -0.1) is 0 Å². The highest BCUT2D eigenvalue weighted by molar-refractivity contribution is 5.80. The van der Waals surface area contributed by atoms with E-state index in [9.17, 15) is 4.79 Å². The van der Waals surface area contributed by atoms with Crippen molar-refractivity contribution < 1.29 is 9.53 Å². The molecule has 2 aromatic heterocycles. The molecule has 0 fully saturated rings. The normalized spacial score (nSPS) is 11.8. The number of pyridine rings is 1. The van der Waals surface area contributed by atoms with E-state index >= 15 is 0 Å². The summed E-state index contributed by atoms with van der Waals surface area (Å²) in [5.41, 5.74) is 2.85. The zero-order chi connectivity index (χ0) is 17.6. The van der Waals surface area contributed by atoms with Gasteiger partial charge in [-0.25, -0.2) is 0 Å². The van der Waals surface area contributed by atoms with Gasteiger partial charge >= 0.3 is 0 Å². The van der Waals surface area contributed by atoms with Crippen LogP contribution in [0.1, 0.15) is 12.5 Å². The number of nitrogens with zero attached hydrogens (tertiary/aromatic N) is 3. The van der Waals surface area contributed by atoms with Gasteiger partial charge in [-0.2, -0.15) is 5.10 Å². The number of amides is 1. The number of benzene rings is 1. The lowest BCUT2D eigenvalue weighted by atomic mass is 10.1. The number of hydrogen-bond acceptors (Lipinski definition) is 4. The molecule has 3 rings (SSSR count). The van der Waals surface area contributed by atoms with Crippen LogP contribution in [0.15, 0.2) is 61.1 Å². The summed E-state index contributed by atoms with van der Waals surface area (Å²) >= 11 is 0. The van der Waals surface area contributed by atoms with Crippen LogP contribution in [0.4, 0.5) is 0 Å². The first-order valence-electron chi connectivity index (χ1n) is 8.05. The summed E-state index contributed by atoms with van der Waals surface area (Å²) in [5, 5.41) is 7.04. The third-order valence-electron chi connectivity index (χ3n) is 3.80. The SMILES string of the molecule is CC(Oc1ccccc1)C(=O)NCc1cncc(-c2ccnn2C)c1. The third kappa shape index (κ3) is 4.23. The number of nitrogens with one attached hydrogen (secondary N) is 1. The Labute approximate surface area is 146 Å². The van der Waals surface area contributed by atoms with Crippen molar-refractivity contribution in [1.82, 2.24) is 20.1 Å². The fourth-order valence-electron chi connectivity index (χ4n) is 2.47. The molecule has 0 radical (unpaired) electrons. The lowest BCUT2D eigenvalue weighted by molar-refractivity contribution is -0.127. The lowest BCUT2D eigenvalue weighted by Crippen LogP contribution is -2.35. The molecule has 0 saturated carbocycles. The number of hydrogen-bond donors (Lipinski definition) is 1. The Hall–Kier alpha value is -3.15. The second kappa shape index (κ2) is 7.61. The molecule has 1 unspecified atom stereocenters. The van der Waals surface area contributed by atoms with Crippen LogP contribution in [-0.2, 0) is 18.4 Å². The molecule has 1 atom stereocenters. The summed E-state index contributed by atoms with van der Waals surface area (Å²) < 4.78 is 7.41. The van der Waals surface area contributed by atoms with Gasteiger partial charge in [0, 0.05) is 37.7 Å². The quantitative estimate of drug-likeness (QED) is 0.751. The largest absolute Gasteiger partial charge is 0.481 e. The van der Waals surface area contributed by atoms with E-state index in [4.69, 9.17) is 4.74 Å². The summed E-state index contributed by atoms with van der Waals surface area (Å²) in [6, 6.07) is 13.2. The standard InChI is InChI=1S/C19H20N4O2/c1-14(25-17-6-4-3-5-7-17)19(24)21-12-15-10-16(13-20-11-15)18-8-9-22-23(18)2/h3-11,13-14H,12H2,1-2H3,(H,21,24). The minimum absolute atomic E-state index is 0.171. The minimum atomic E-state index is -0.574. The highest BCUT2D eigenvalue weighted by atomic mass is 16.5. The summed E-state index contributed by atoms with van der Waals surface area (Å²) in [5.74, 6) is 0.500. The molecule has 3 aromatic rings. The van der Waals surface area contributed by atoms with Crippen molar-refractivity contribution in [1.29, 1.82) is 0 Å². The van der Waals surface area contributed by atoms with Crippen molar-refractivity contribution in [2.45, 2.75) is 19.6 Å². The van der Waals surface area contributed by atoms with Gasteiger partial charge in [0.15, 0.2) is 6.10 Å². The summed E-state index contributed by atoms with van der Waals surface area (Å²) in [4.78, 5) is 16.5. The fraction of sp³-hybridized carbons (Fsp3) is 0.211. The van der Waals surface area contributed by atoms with Crippen LogP contribution < -0.4 is 10.1 Å². The summed E-state index contributed by atoms with van der Waals surface area (Å²) in [6.45, 7) is 2.12. The number of aromatic nitrogens is 3. The van der Waals surface area contributed by atoms with Gasteiger partial charge in [0.1, 0.15) is 5.75 Å². The highest BCUT2D eigenvalue weighted by Gasteiger charge is 2.14. The van der Waals surface area contributed by atoms with Gasteiger partial charge in [0.05, 0.1) is 5.69 Å². The van der Waals surface area contributed by atoms with E-state index in [1.807, 2.05) is 49.5 Å². The molecule has 2 heterocycles. The van der Waals surface area contributed by atoms with Crippen LogP contribution in [0.5, 0.6) is 5.75 Å². The second-order valence-corrected chi connectivity index (χ2v) is 5.71. The second-order valence-electron chi connectivity index (χ2n) is 5.71. The smallest absolute Gasteiger partial charge is 0.261 e. The maximum atomic E-state index is 12.2. The van der Waals surface area contributed by atoms with E-state index in [0.717, 1.165) is 16.8 Å². The minimum Gasteiger partial charge on any atom is -0.481 e. The van der Waals surface area contributed by atoms with Crippen molar-refractivity contribution in [3.05, 3.63) is 66.6 Å². The first-order chi connectivity index (χ1) is 12.1. The number of ether oxygens (including phenoxy) is 1. The summed E-state index contributed by atoms with van der Waals surface area (Å²) in [7, 11) is 1.88. The molecule has 0 aliphatic carbocycles. The van der Waals surface area contributed by atoms with Gasteiger partial charge in [-0.3, -0.25) is 14.5 Å². The predicted octanol–water partition coefficient (Wildman–Crippen LogP) is 2.57. The van der Waals surface area contributed by atoms with Crippen LogP contribution in [0.3, 0.4) is 0 Å². The Balaban J connectivity index is 1.60. The van der Waals surface area contributed by atoms with Crippen LogP contribution in [0.2, 0.25) is 0 Å². The monoisotopic (exact) mass is 336 g/mol. The van der Waals surface area contributed by atoms with Gasteiger partial charge in [-0.1, -0.05) is 18.2 Å². The molecule has 1 N–H and O–H groups in total. The van der Waals surface area contributed by atoms with E-state index in [1.54, 1.807) is 30.2 Å². The molecule has 128 valence electrons. The van der Waals surface area contributed by atoms with Crippen LogP contribution in [0, 0.1) is 0 Å². The van der Waals surface area contributed by atoms with Crippen molar-refractivity contribution in [3.63, 3.8) is 0 Å². The molecule has 0 spiro atoms. The molecular formula is C19H20N4O2. The average molecular weight is 336 g/mol. The van der Waals surface area contributed by atoms with Crippen molar-refractivity contribution >= 4 is 5.91 Å². The topological polar surface area (TPSA) is 69.0 Å². The Morgan fingerprint density at radius 3 is 2.76 bits per heavy atom. The summed E-state index contributed by atoms with van der Waals surface area (Å²) in [6.07, 6.45) is 4.69. The first-order valence-corrected chi connectivity index (χ1v) is 8.05. The predicted molar refractivity (Wildman–Crippen MR) is 94.8 cm³/mol. The maximum absolute atomic E-state index is 12.2. The van der Waals surface area contributed by atoms with E-state index in [-0.39, 0.29) is 5.91 Å². The van der Waals surface area contributed by atoms with Gasteiger partial charge in [0.25, 0.3) is 5.91 Å². The molecule has 0 saturated heterocycles. The Morgan fingerprint density at radius 1 is 1.24 bits per heavy atom.